The minimum Gasteiger partial charge on any atom is -0.382 e. The molecule has 0 aliphatic carbocycles. The minimum absolute atomic E-state index is 0.356. The number of hydrogen-bond donors (Lipinski definition) is 1. The molecule has 0 amide bonds. The molecule has 0 aliphatic heterocycles. The number of rotatable bonds is 9. The summed E-state index contributed by atoms with van der Waals surface area (Å²) in [4.78, 5) is 0. The van der Waals surface area contributed by atoms with Gasteiger partial charge in [0, 0.05) is 17.9 Å². The summed E-state index contributed by atoms with van der Waals surface area (Å²) >= 11 is 1.82. The highest BCUT2D eigenvalue weighted by Crippen LogP contribution is 2.26. The van der Waals surface area contributed by atoms with Crippen molar-refractivity contribution in [2.45, 2.75) is 19.4 Å². The van der Waals surface area contributed by atoms with Gasteiger partial charge in [0.05, 0.1) is 19.8 Å². The molecule has 1 N–H and O–H groups in total. The lowest BCUT2D eigenvalue weighted by molar-refractivity contribution is 0.0590. The van der Waals surface area contributed by atoms with Crippen LogP contribution in [0.15, 0.2) is 29.6 Å². The lowest BCUT2D eigenvalue weighted by Gasteiger charge is -2.17. The molecule has 2 rings (SSSR count). The maximum absolute atomic E-state index is 5.67. The summed E-state index contributed by atoms with van der Waals surface area (Å²) in [6, 6.07) is 8.94. The molecule has 0 bridgehead atoms. The van der Waals surface area contributed by atoms with Crippen LogP contribution in [0.2, 0.25) is 0 Å². The Morgan fingerprint density at radius 3 is 2.90 bits per heavy atom. The molecule has 1 heterocycles. The second-order valence-electron chi connectivity index (χ2n) is 4.78. The Balaban J connectivity index is 1.96. The van der Waals surface area contributed by atoms with Gasteiger partial charge < -0.3 is 14.8 Å². The van der Waals surface area contributed by atoms with E-state index in [0.29, 0.717) is 19.3 Å². The van der Waals surface area contributed by atoms with Gasteiger partial charge in [-0.1, -0.05) is 25.1 Å². The zero-order chi connectivity index (χ0) is 14.2. The Kier molecular flexibility index (Phi) is 6.47. The van der Waals surface area contributed by atoms with Crippen LogP contribution in [0.3, 0.4) is 0 Å². The van der Waals surface area contributed by atoms with Gasteiger partial charge >= 0.3 is 0 Å². The monoisotopic (exact) mass is 293 g/mol. The number of benzene rings is 1. The van der Waals surface area contributed by atoms with Gasteiger partial charge in [-0.3, -0.25) is 0 Å². The molecule has 1 aromatic heterocycles. The van der Waals surface area contributed by atoms with Crippen LogP contribution in [0.25, 0.3) is 10.1 Å². The first-order valence-electron chi connectivity index (χ1n) is 7.10. The largest absolute Gasteiger partial charge is 0.382 e. The van der Waals surface area contributed by atoms with Gasteiger partial charge in [0.25, 0.3) is 0 Å². The van der Waals surface area contributed by atoms with E-state index < -0.39 is 0 Å². The molecule has 3 nitrogen and oxygen atoms in total. The molecule has 0 fully saturated rings. The van der Waals surface area contributed by atoms with E-state index in [1.807, 2.05) is 11.3 Å². The van der Waals surface area contributed by atoms with Gasteiger partial charge in [0.2, 0.25) is 0 Å². The third-order valence-corrected chi connectivity index (χ3v) is 4.28. The summed E-state index contributed by atoms with van der Waals surface area (Å²) in [6.07, 6.45) is 1.00. The summed E-state index contributed by atoms with van der Waals surface area (Å²) in [5.41, 5.74) is 1.41. The maximum atomic E-state index is 5.67. The highest BCUT2D eigenvalue weighted by atomic mass is 32.1. The van der Waals surface area contributed by atoms with Crippen LogP contribution >= 0.6 is 11.3 Å². The number of thiophene rings is 1. The van der Waals surface area contributed by atoms with E-state index >= 15 is 0 Å². The van der Waals surface area contributed by atoms with Crippen molar-refractivity contribution in [1.29, 1.82) is 0 Å². The van der Waals surface area contributed by atoms with E-state index in [-0.39, 0.29) is 0 Å². The Bertz CT molecular complexity index is 512. The smallest absolute Gasteiger partial charge is 0.0701 e. The highest BCUT2D eigenvalue weighted by molar-refractivity contribution is 7.17. The predicted molar refractivity (Wildman–Crippen MR) is 85.7 cm³/mol. The third kappa shape index (κ3) is 4.28. The summed E-state index contributed by atoms with van der Waals surface area (Å²) in [5.74, 6) is 0. The number of fused-ring (bicyclic) bond motifs is 1. The standard InChI is InChI=1S/C16H23NO2S/c1-3-17-14(11-19-9-8-18-2)10-13-12-20-16-7-5-4-6-15(13)16/h4-7,12,14,17H,3,8-11H2,1-2H3. The Morgan fingerprint density at radius 2 is 2.10 bits per heavy atom. The highest BCUT2D eigenvalue weighted by Gasteiger charge is 2.12. The Morgan fingerprint density at radius 1 is 1.25 bits per heavy atom. The van der Waals surface area contributed by atoms with Crippen molar-refractivity contribution in [2.24, 2.45) is 0 Å². The zero-order valence-electron chi connectivity index (χ0n) is 12.2. The van der Waals surface area contributed by atoms with Crippen LogP contribution in [0.1, 0.15) is 12.5 Å². The molecule has 0 radical (unpaired) electrons. The lowest BCUT2D eigenvalue weighted by Crippen LogP contribution is -2.35. The normalized spacial score (nSPS) is 12.9. The van der Waals surface area contributed by atoms with E-state index in [1.54, 1.807) is 7.11 Å². The summed E-state index contributed by atoms with van der Waals surface area (Å²) < 4.78 is 12.0. The van der Waals surface area contributed by atoms with Gasteiger partial charge in [0.15, 0.2) is 0 Å². The van der Waals surface area contributed by atoms with E-state index in [2.05, 4.69) is 41.9 Å². The van der Waals surface area contributed by atoms with Crippen LogP contribution in [-0.2, 0) is 15.9 Å². The fourth-order valence-corrected chi connectivity index (χ4v) is 3.28. The molecule has 1 atom stereocenters. The SMILES string of the molecule is CCNC(COCCOC)Cc1csc2ccccc12. The topological polar surface area (TPSA) is 30.5 Å². The molecule has 1 aromatic carbocycles. The van der Waals surface area contributed by atoms with Gasteiger partial charge in [-0.2, -0.15) is 0 Å². The van der Waals surface area contributed by atoms with E-state index in [0.717, 1.165) is 19.6 Å². The summed E-state index contributed by atoms with van der Waals surface area (Å²) in [7, 11) is 1.70. The molecule has 20 heavy (non-hydrogen) atoms. The number of likely N-dealkylation sites (N-methyl/N-ethyl adjacent to an activating group) is 1. The first kappa shape index (κ1) is 15.4. The molecular weight excluding hydrogens is 270 g/mol. The number of methoxy groups -OCH3 is 1. The van der Waals surface area contributed by atoms with E-state index in [4.69, 9.17) is 9.47 Å². The van der Waals surface area contributed by atoms with E-state index in [9.17, 15) is 0 Å². The number of nitrogens with one attached hydrogen (secondary N) is 1. The molecule has 0 saturated carbocycles. The number of hydrogen-bond acceptors (Lipinski definition) is 4. The van der Waals surface area contributed by atoms with Crippen LogP contribution < -0.4 is 5.32 Å². The van der Waals surface area contributed by atoms with Gasteiger partial charge in [-0.15, -0.1) is 11.3 Å². The molecule has 0 saturated heterocycles. The van der Waals surface area contributed by atoms with Crippen LogP contribution in [0.5, 0.6) is 0 Å². The molecule has 2 aromatic rings. The summed E-state index contributed by atoms with van der Waals surface area (Å²) in [6.45, 7) is 5.12. The van der Waals surface area contributed by atoms with Crippen molar-refractivity contribution >= 4 is 21.4 Å². The zero-order valence-corrected chi connectivity index (χ0v) is 13.0. The molecule has 0 aliphatic rings. The van der Waals surface area contributed by atoms with Gasteiger partial charge in [-0.05, 0) is 35.4 Å². The molecule has 4 heteroatoms. The summed E-state index contributed by atoms with van der Waals surface area (Å²) in [5, 5.41) is 7.14. The second kappa shape index (κ2) is 8.37. The predicted octanol–water partition coefficient (Wildman–Crippen LogP) is 3.08. The van der Waals surface area contributed by atoms with Crippen molar-refractivity contribution in [3.8, 4) is 0 Å². The Hall–Kier alpha value is -0.940. The van der Waals surface area contributed by atoms with Crippen LogP contribution in [-0.4, -0.2) is 39.5 Å². The third-order valence-electron chi connectivity index (χ3n) is 3.27. The van der Waals surface area contributed by atoms with Crippen molar-refractivity contribution < 1.29 is 9.47 Å². The van der Waals surface area contributed by atoms with Crippen molar-refractivity contribution in [1.82, 2.24) is 5.32 Å². The quantitative estimate of drug-likeness (QED) is 0.721. The van der Waals surface area contributed by atoms with Crippen LogP contribution in [0, 0.1) is 0 Å². The van der Waals surface area contributed by atoms with Gasteiger partial charge in [0.1, 0.15) is 0 Å². The first-order chi connectivity index (χ1) is 9.85. The fourth-order valence-electron chi connectivity index (χ4n) is 2.30. The average molecular weight is 293 g/mol. The second-order valence-corrected chi connectivity index (χ2v) is 5.69. The average Bonchev–Trinajstić information content (AvgIpc) is 2.87. The lowest BCUT2D eigenvalue weighted by atomic mass is 10.1. The molecular formula is C16H23NO2S. The van der Waals surface area contributed by atoms with Crippen LogP contribution in [0.4, 0.5) is 0 Å². The minimum atomic E-state index is 0.356. The number of ether oxygens (including phenoxy) is 2. The van der Waals surface area contributed by atoms with E-state index in [1.165, 1.54) is 15.6 Å². The van der Waals surface area contributed by atoms with Crippen molar-refractivity contribution in [3.05, 3.63) is 35.2 Å². The Labute approximate surface area is 124 Å². The van der Waals surface area contributed by atoms with Crippen molar-refractivity contribution in [3.63, 3.8) is 0 Å². The molecule has 1 unspecified atom stereocenters. The first-order valence-corrected chi connectivity index (χ1v) is 7.98. The van der Waals surface area contributed by atoms with Gasteiger partial charge in [-0.25, -0.2) is 0 Å². The molecule has 0 spiro atoms. The molecule has 110 valence electrons. The van der Waals surface area contributed by atoms with Crippen molar-refractivity contribution in [2.75, 3.05) is 33.5 Å². The fraction of sp³-hybridized carbons (Fsp3) is 0.500. The maximum Gasteiger partial charge on any atom is 0.0701 e.